The number of benzene rings is 2. The van der Waals surface area contributed by atoms with Crippen LogP contribution in [-0.4, -0.2) is 42.6 Å². The Morgan fingerprint density at radius 3 is 2.33 bits per heavy atom. The molecule has 0 fully saturated rings. The predicted octanol–water partition coefficient (Wildman–Crippen LogP) is 3.54. The van der Waals surface area contributed by atoms with Crippen molar-refractivity contribution in [1.29, 1.82) is 0 Å². The normalized spacial score (nSPS) is 11.8. The van der Waals surface area contributed by atoms with E-state index in [0.29, 0.717) is 21.9 Å². The zero-order valence-corrected chi connectivity index (χ0v) is 18.6. The van der Waals surface area contributed by atoms with Crippen LogP contribution in [0.15, 0.2) is 47.4 Å². The van der Waals surface area contributed by atoms with E-state index in [1.807, 2.05) is 0 Å². The number of sulfonamides is 1. The first-order chi connectivity index (χ1) is 14.1. The summed E-state index contributed by atoms with van der Waals surface area (Å²) in [4.78, 5) is 28.2. The largest absolute Gasteiger partial charge is 0.326 e. The summed E-state index contributed by atoms with van der Waals surface area (Å²) in [6, 6.07) is 10.9. The Labute approximate surface area is 179 Å². The molecule has 0 atom stereocenters. The van der Waals surface area contributed by atoms with Crippen LogP contribution in [0.4, 0.5) is 10.8 Å². The van der Waals surface area contributed by atoms with Crippen molar-refractivity contribution >= 4 is 54.2 Å². The lowest BCUT2D eigenvalue weighted by molar-refractivity contribution is -0.114. The highest BCUT2D eigenvalue weighted by Gasteiger charge is 2.23. The van der Waals surface area contributed by atoms with Gasteiger partial charge in [0.25, 0.3) is 5.91 Å². The maximum Gasteiger partial charge on any atom is 0.257 e. The maximum atomic E-state index is 12.5. The van der Waals surface area contributed by atoms with Gasteiger partial charge in [-0.15, -0.1) is 0 Å². The molecule has 2 aromatic carbocycles. The third-order valence-electron chi connectivity index (χ3n) is 4.45. The molecule has 2 amide bonds. The summed E-state index contributed by atoms with van der Waals surface area (Å²) < 4.78 is 27.2. The van der Waals surface area contributed by atoms with Crippen molar-refractivity contribution in [1.82, 2.24) is 9.29 Å². The second-order valence-electron chi connectivity index (χ2n) is 6.98. The highest BCUT2D eigenvalue weighted by molar-refractivity contribution is 7.89. The van der Waals surface area contributed by atoms with Crippen molar-refractivity contribution in [2.75, 3.05) is 17.7 Å². The standard InChI is InChI=1S/C20H22N4O4S2/c1-12(2)24(4)30(27,28)16-8-5-14(6-9-16)19(26)23-20-22-17-10-7-15(21-13(3)25)11-18(17)29-20/h5-12H,1-4H3,(H,21,25)(H,22,23,26). The summed E-state index contributed by atoms with van der Waals surface area (Å²) in [5.74, 6) is -0.560. The number of fused-ring (bicyclic) bond motifs is 1. The smallest absolute Gasteiger partial charge is 0.257 e. The number of amides is 2. The first-order valence-corrected chi connectivity index (χ1v) is 11.4. The molecule has 0 saturated heterocycles. The molecule has 1 heterocycles. The van der Waals surface area contributed by atoms with Crippen LogP contribution in [0.25, 0.3) is 10.2 Å². The molecule has 0 aliphatic heterocycles. The van der Waals surface area contributed by atoms with Crippen LogP contribution in [0, 0.1) is 0 Å². The lowest BCUT2D eigenvalue weighted by Gasteiger charge is -2.20. The van der Waals surface area contributed by atoms with Gasteiger partial charge >= 0.3 is 0 Å². The van der Waals surface area contributed by atoms with Crippen LogP contribution in [0.2, 0.25) is 0 Å². The summed E-state index contributed by atoms with van der Waals surface area (Å²) in [6.07, 6.45) is 0. The van der Waals surface area contributed by atoms with Crippen molar-refractivity contribution in [2.24, 2.45) is 0 Å². The predicted molar refractivity (Wildman–Crippen MR) is 118 cm³/mol. The van der Waals surface area contributed by atoms with Gasteiger partial charge in [-0.05, 0) is 56.3 Å². The monoisotopic (exact) mass is 446 g/mol. The van der Waals surface area contributed by atoms with Crippen molar-refractivity contribution in [3.05, 3.63) is 48.0 Å². The van der Waals surface area contributed by atoms with Crippen LogP contribution < -0.4 is 10.6 Å². The van der Waals surface area contributed by atoms with Gasteiger partial charge in [0.1, 0.15) is 0 Å². The number of hydrogen-bond donors (Lipinski definition) is 2. The van der Waals surface area contributed by atoms with Gasteiger partial charge in [-0.2, -0.15) is 4.31 Å². The fraction of sp³-hybridized carbons (Fsp3) is 0.250. The van der Waals surface area contributed by atoms with Crippen LogP contribution in [-0.2, 0) is 14.8 Å². The SMILES string of the molecule is CC(=O)Nc1ccc2nc(NC(=O)c3ccc(S(=O)(=O)N(C)C(C)C)cc3)sc2c1. The number of aromatic nitrogens is 1. The van der Waals surface area contributed by atoms with Crippen molar-refractivity contribution in [2.45, 2.75) is 31.7 Å². The minimum absolute atomic E-state index is 0.126. The van der Waals surface area contributed by atoms with Crippen LogP contribution in [0.5, 0.6) is 0 Å². The van der Waals surface area contributed by atoms with Crippen molar-refractivity contribution in [3.8, 4) is 0 Å². The second-order valence-corrected chi connectivity index (χ2v) is 10.0. The molecular weight excluding hydrogens is 424 g/mol. The molecule has 10 heteroatoms. The molecule has 158 valence electrons. The van der Waals surface area contributed by atoms with Crippen molar-refractivity contribution < 1.29 is 18.0 Å². The van der Waals surface area contributed by atoms with Gasteiger partial charge in [0.15, 0.2) is 5.13 Å². The van der Waals surface area contributed by atoms with Gasteiger partial charge in [-0.1, -0.05) is 11.3 Å². The third-order valence-corrected chi connectivity index (χ3v) is 7.43. The Morgan fingerprint density at radius 2 is 1.73 bits per heavy atom. The van der Waals surface area contributed by atoms with Crippen LogP contribution in [0.3, 0.4) is 0 Å². The molecule has 0 saturated carbocycles. The average molecular weight is 447 g/mol. The van der Waals surface area contributed by atoms with Crippen molar-refractivity contribution in [3.63, 3.8) is 0 Å². The summed E-state index contributed by atoms with van der Waals surface area (Å²) in [6.45, 7) is 5.01. The number of anilines is 2. The lowest BCUT2D eigenvalue weighted by atomic mass is 10.2. The number of thiazole rings is 1. The van der Waals surface area contributed by atoms with E-state index >= 15 is 0 Å². The molecule has 0 aliphatic carbocycles. The Balaban J connectivity index is 1.77. The molecule has 3 aromatic rings. The summed E-state index contributed by atoms with van der Waals surface area (Å²) in [7, 11) is -2.09. The molecule has 1 aromatic heterocycles. The number of rotatable bonds is 6. The fourth-order valence-corrected chi connectivity index (χ4v) is 4.92. The van der Waals surface area contributed by atoms with Gasteiger partial charge in [0.2, 0.25) is 15.9 Å². The number of carbonyl (C=O) groups excluding carboxylic acids is 2. The number of carbonyl (C=O) groups is 2. The van der Waals surface area contributed by atoms with E-state index in [4.69, 9.17) is 0 Å². The van der Waals surface area contributed by atoms with E-state index in [9.17, 15) is 18.0 Å². The Bertz CT molecular complexity index is 1200. The summed E-state index contributed by atoms with van der Waals surface area (Å²) >= 11 is 1.28. The van der Waals surface area contributed by atoms with Gasteiger partial charge in [0, 0.05) is 31.3 Å². The number of nitrogens with zero attached hydrogens (tertiary/aromatic N) is 2. The topological polar surface area (TPSA) is 108 Å². The first kappa shape index (κ1) is 21.9. The van der Waals surface area contributed by atoms with Crippen LogP contribution in [0.1, 0.15) is 31.1 Å². The van der Waals surface area contributed by atoms with Gasteiger partial charge in [-0.25, -0.2) is 13.4 Å². The quantitative estimate of drug-likeness (QED) is 0.602. The van der Waals surface area contributed by atoms with E-state index in [-0.39, 0.29) is 16.8 Å². The van der Waals surface area contributed by atoms with E-state index < -0.39 is 15.9 Å². The Kier molecular flexibility index (Phi) is 6.20. The lowest BCUT2D eigenvalue weighted by Crippen LogP contribution is -2.33. The number of nitrogens with one attached hydrogen (secondary N) is 2. The highest BCUT2D eigenvalue weighted by atomic mass is 32.2. The molecule has 0 spiro atoms. The zero-order chi connectivity index (χ0) is 22.1. The molecule has 0 bridgehead atoms. The second kappa shape index (κ2) is 8.50. The molecule has 2 N–H and O–H groups in total. The Hall–Kier alpha value is -2.82. The van der Waals surface area contributed by atoms with E-state index in [2.05, 4.69) is 15.6 Å². The van der Waals surface area contributed by atoms with E-state index in [1.54, 1.807) is 32.0 Å². The third kappa shape index (κ3) is 4.66. The van der Waals surface area contributed by atoms with Gasteiger partial charge in [-0.3, -0.25) is 14.9 Å². The number of hydrogen-bond acceptors (Lipinski definition) is 6. The molecule has 0 radical (unpaired) electrons. The van der Waals surface area contributed by atoms with Gasteiger partial charge in [0.05, 0.1) is 15.1 Å². The molecular formula is C20H22N4O4S2. The minimum atomic E-state index is -3.61. The fourth-order valence-electron chi connectivity index (χ4n) is 2.65. The Morgan fingerprint density at radius 1 is 1.07 bits per heavy atom. The molecule has 3 rings (SSSR count). The maximum absolute atomic E-state index is 12.5. The average Bonchev–Trinajstić information content (AvgIpc) is 3.08. The van der Waals surface area contributed by atoms with E-state index in [1.165, 1.54) is 53.9 Å². The first-order valence-electron chi connectivity index (χ1n) is 9.15. The zero-order valence-electron chi connectivity index (χ0n) is 17.0. The molecule has 0 aliphatic rings. The van der Waals surface area contributed by atoms with Crippen LogP contribution >= 0.6 is 11.3 Å². The van der Waals surface area contributed by atoms with Gasteiger partial charge < -0.3 is 5.32 Å². The summed E-state index contributed by atoms with van der Waals surface area (Å²) in [5.41, 5.74) is 1.67. The molecule has 8 nitrogen and oxygen atoms in total. The van der Waals surface area contributed by atoms with E-state index in [0.717, 1.165) is 4.70 Å². The molecule has 0 unspecified atom stereocenters. The highest BCUT2D eigenvalue weighted by Crippen LogP contribution is 2.29. The molecule has 30 heavy (non-hydrogen) atoms. The summed E-state index contributed by atoms with van der Waals surface area (Å²) in [5, 5.41) is 5.84. The minimum Gasteiger partial charge on any atom is -0.326 e.